The predicted octanol–water partition coefficient (Wildman–Crippen LogP) is 6.37. The van der Waals surface area contributed by atoms with Crippen LogP contribution in [0.1, 0.15) is 34.6 Å². The SMILES string of the molecule is O=C(Nc1ccc(-c2cccc3nc(Cc4ccc(OCCN5CCCC5)cc4)nn23)cc1)c1cccc(Cl)c1. The fourth-order valence-corrected chi connectivity index (χ4v) is 5.18. The molecule has 2 aromatic heterocycles. The first kappa shape index (κ1) is 26.0. The normalized spacial score (nSPS) is 13.5. The number of pyridine rings is 1. The van der Waals surface area contributed by atoms with Crippen molar-refractivity contribution in [1.29, 1.82) is 0 Å². The van der Waals surface area contributed by atoms with E-state index in [2.05, 4.69) is 22.3 Å². The molecule has 40 heavy (non-hydrogen) atoms. The number of ether oxygens (including phenoxy) is 1. The maximum Gasteiger partial charge on any atom is 0.255 e. The zero-order chi connectivity index (χ0) is 27.3. The van der Waals surface area contributed by atoms with Gasteiger partial charge in [0.05, 0.1) is 5.69 Å². The lowest BCUT2D eigenvalue weighted by molar-refractivity contribution is 0.102. The smallest absolute Gasteiger partial charge is 0.255 e. The average Bonchev–Trinajstić information content (AvgIpc) is 3.64. The van der Waals surface area contributed by atoms with Crippen molar-refractivity contribution in [2.45, 2.75) is 19.3 Å². The number of rotatable bonds is 9. The molecule has 0 bridgehead atoms. The van der Waals surface area contributed by atoms with Crippen LogP contribution in [0.25, 0.3) is 16.9 Å². The molecule has 0 unspecified atom stereocenters. The van der Waals surface area contributed by atoms with Gasteiger partial charge in [0.2, 0.25) is 0 Å². The second kappa shape index (κ2) is 11.9. The Kier molecular flexibility index (Phi) is 7.75. The summed E-state index contributed by atoms with van der Waals surface area (Å²) in [5.41, 5.74) is 5.01. The van der Waals surface area contributed by atoms with Crippen LogP contribution in [0.4, 0.5) is 5.69 Å². The summed E-state index contributed by atoms with van der Waals surface area (Å²) >= 11 is 6.02. The molecule has 1 N–H and O–H groups in total. The molecule has 8 heteroatoms. The lowest BCUT2D eigenvalue weighted by Gasteiger charge is -2.14. The van der Waals surface area contributed by atoms with E-state index in [9.17, 15) is 4.79 Å². The molecule has 1 amide bonds. The van der Waals surface area contributed by atoms with Gasteiger partial charge in [-0.1, -0.05) is 48.0 Å². The molecule has 1 aliphatic rings. The van der Waals surface area contributed by atoms with Crippen molar-refractivity contribution in [2.24, 2.45) is 0 Å². The van der Waals surface area contributed by atoms with Gasteiger partial charge in [0.1, 0.15) is 12.4 Å². The Labute approximate surface area is 238 Å². The maximum absolute atomic E-state index is 12.6. The molecule has 0 radical (unpaired) electrons. The Morgan fingerprint density at radius 2 is 1.70 bits per heavy atom. The van der Waals surface area contributed by atoms with Gasteiger partial charge in [0.15, 0.2) is 11.5 Å². The minimum atomic E-state index is -0.208. The fourth-order valence-electron chi connectivity index (χ4n) is 4.99. The summed E-state index contributed by atoms with van der Waals surface area (Å²) in [5, 5.41) is 8.25. The predicted molar refractivity (Wildman–Crippen MR) is 158 cm³/mol. The number of hydrogen-bond donors (Lipinski definition) is 1. The third-order valence-corrected chi connectivity index (χ3v) is 7.32. The van der Waals surface area contributed by atoms with Gasteiger partial charge in [-0.05, 0) is 86.1 Å². The minimum Gasteiger partial charge on any atom is -0.492 e. The maximum atomic E-state index is 12.6. The molecule has 0 aliphatic carbocycles. The highest BCUT2D eigenvalue weighted by Gasteiger charge is 2.12. The van der Waals surface area contributed by atoms with Gasteiger partial charge in [-0.25, -0.2) is 9.50 Å². The molecular weight excluding hydrogens is 522 g/mol. The molecule has 202 valence electrons. The molecule has 3 aromatic carbocycles. The standard InChI is InChI=1S/C32H30ClN5O2/c33-26-6-3-5-25(22-26)32(39)34-27-13-11-24(12-14-27)29-7-4-8-31-35-30(36-38(29)31)21-23-9-15-28(16-10-23)40-20-19-37-17-1-2-18-37/h3-16,22H,1-2,17-21H2,(H,34,39). The molecule has 1 saturated heterocycles. The number of nitrogens with one attached hydrogen (secondary N) is 1. The summed E-state index contributed by atoms with van der Waals surface area (Å²) < 4.78 is 7.80. The van der Waals surface area contributed by atoms with E-state index in [4.69, 9.17) is 26.4 Å². The van der Waals surface area contributed by atoms with Crippen molar-refractivity contribution in [3.8, 4) is 17.0 Å². The van der Waals surface area contributed by atoms with Crippen LogP contribution < -0.4 is 10.1 Å². The molecule has 7 nitrogen and oxygen atoms in total. The van der Waals surface area contributed by atoms with E-state index in [1.54, 1.807) is 24.3 Å². The summed E-state index contributed by atoms with van der Waals surface area (Å²) in [6, 6.07) is 28.7. The largest absolute Gasteiger partial charge is 0.492 e. The number of anilines is 1. The highest BCUT2D eigenvalue weighted by atomic mass is 35.5. The van der Waals surface area contributed by atoms with Crippen LogP contribution in [0.3, 0.4) is 0 Å². The number of halogens is 1. The fraction of sp³-hybridized carbons (Fsp3) is 0.219. The Bertz CT molecular complexity index is 1610. The minimum absolute atomic E-state index is 0.208. The van der Waals surface area contributed by atoms with Crippen molar-refractivity contribution in [1.82, 2.24) is 19.5 Å². The van der Waals surface area contributed by atoms with Crippen molar-refractivity contribution < 1.29 is 9.53 Å². The number of hydrogen-bond acceptors (Lipinski definition) is 5. The number of carbonyl (C=O) groups excluding carboxylic acids is 1. The lowest BCUT2D eigenvalue weighted by Crippen LogP contribution is -2.25. The number of fused-ring (bicyclic) bond motifs is 1. The van der Waals surface area contributed by atoms with Gasteiger partial charge >= 0.3 is 0 Å². The van der Waals surface area contributed by atoms with Crippen molar-refractivity contribution >= 4 is 28.8 Å². The number of amides is 1. The summed E-state index contributed by atoms with van der Waals surface area (Å²) in [6.07, 6.45) is 3.22. The highest BCUT2D eigenvalue weighted by molar-refractivity contribution is 6.31. The molecule has 1 aliphatic heterocycles. The zero-order valence-electron chi connectivity index (χ0n) is 22.1. The van der Waals surface area contributed by atoms with E-state index in [0.717, 1.165) is 40.6 Å². The number of aromatic nitrogens is 3. The van der Waals surface area contributed by atoms with Crippen LogP contribution in [0.2, 0.25) is 5.02 Å². The molecule has 0 spiro atoms. The number of benzene rings is 3. The Morgan fingerprint density at radius 1 is 0.925 bits per heavy atom. The quantitative estimate of drug-likeness (QED) is 0.230. The third kappa shape index (κ3) is 6.17. The van der Waals surface area contributed by atoms with Crippen LogP contribution in [0, 0.1) is 0 Å². The summed E-state index contributed by atoms with van der Waals surface area (Å²) in [4.78, 5) is 19.8. The van der Waals surface area contributed by atoms with Gasteiger partial charge in [-0.15, -0.1) is 0 Å². The summed E-state index contributed by atoms with van der Waals surface area (Å²) in [6.45, 7) is 4.07. The second-order valence-corrected chi connectivity index (χ2v) is 10.4. The van der Waals surface area contributed by atoms with Gasteiger partial charge in [-0.2, -0.15) is 5.10 Å². The first-order chi connectivity index (χ1) is 19.6. The van der Waals surface area contributed by atoms with Crippen molar-refractivity contribution in [2.75, 3.05) is 31.6 Å². The van der Waals surface area contributed by atoms with Gasteiger partial charge in [0.25, 0.3) is 5.91 Å². The number of nitrogens with zero attached hydrogens (tertiary/aromatic N) is 4. The molecule has 5 aromatic rings. The second-order valence-electron chi connectivity index (χ2n) is 9.97. The Hall–Kier alpha value is -4.20. The van der Waals surface area contributed by atoms with Crippen molar-refractivity contribution in [3.63, 3.8) is 0 Å². The van der Waals surface area contributed by atoms with Crippen LogP contribution in [0.5, 0.6) is 5.75 Å². The first-order valence-electron chi connectivity index (χ1n) is 13.6. The number of likely N-dealkylation sites (tertiary alicyclic amines) is 1. The molecule has 3 heterocycles. The van der Waals surface area contributed by atoms with Crippen molar-refractivity contribution in [3.05, 3.63) is 113 Å². The highest BCUT2D eigenvalue weighted by Crippen LogP contribution is 2.23. The Morgan fingerprint density at radius 3 is 2.48 bits per heavy atom. The first-order valence-corrected chi connectivity index (χ1v) is 13.9. The molecular formula is C32H30ClN5O2. The van der Waals surface area contributed by atoms with E-state index in [1.165, 1.54) is 25.9 Å². The van der Waals surface area contributed by atoms with Crippen LogP contribution in [0.15, 0.2) is 91.0 Å². The van der Waals surface area contributed by atoms with Crippen LogP contribution >= 0.6 is 11.6 Å². The molecule has 6 rings (SSSR count). The zero-order valence-corrected chi connectivity index (χ0v) is 22.8. The van der Waals surface area contributed by atoms with E-state index < -0.39 is 0 Å². The van der Waals surface area contributed by atoms with E-state index in [-0.39, 0.29) is 5.91 Å². The van der Waals surface area contributed by atoms with Gasteiger partial charge in [-0.3, -0.25) is 9.69 Å². The van der Waals surface area contributed by atoms with Gasteiger partial charge < -0.3 is 10.1 Å². The number of carbonyl (C=O) groups is 1. The van der Waals surface area contributed by atoms with Crippen LogP contribution in [-0.4, -0.2) is 51.6 Å². The third-order valence-electron chi connectivity index (χ3n) is 7.09. The van der Waals surface area contributed by atoms with E-state index in [1.807, 2.05) is 59.1 Å². The molecule has 0 atom stereocenters. The van der Waals surface area contributed by atoms with Gasteiger partial charge in [0, 0.05) is 34.8 Å². The average molecular weight is 552 g/mol. The summed E-state index contributed by atoms with van der Waals surface area (Å²) in [5.74, 6) is 1.43. The monoisotopic (exact) mass is 551 g/mol. The van der Waals surface area contributed by atoms with E-state index in [0.29, 0.717) is 29.3 Å². The molecule has 0 saturated carbocycles. The molecule has 1 fully saturated rings. The Balaban J connectivity index is 1.11. The van der Waals surface area contributed by atoms with E-state index >= 15 is 0 Å². The lowest BCUT2D eigenvalue weighted by atomic mass is 10.1. The van der Waals surface area contributed by atoms with Crippen LogP contribution in [-0.2, 0) is 6.42 Å². The topological polar surface area (TPSA) is 71.8 Å². The summed E-state index contributed by atoms with van der Waals surface area (Å²) in [7, 11) is 0.